The largest absolute Gasteiger partial charge is 0.368 e. The molecule has 3 rings (SSSR count). The van der Waals surface area contributed by atoms with Crippen LogP contribution in [0.25, 0.3) is 0 Å². The van der Waals surface area contributed by atoms with Gasteiger partial charge in [-0.15, -0.1) is 0 Å². The number of fused-ring (bicyclic) bond motifs is 1. The summed E-state index contributed by atoms with van der Waals surface area (Å²) in [6.45, 7) is 4.59. The Bertz CT molecular complexity index is 380. The van der Waals surface area contributed by atoms with Crippen LogP contribution in [-0.4, -0.2) is 30.9 Å². The molecule has 0 amide bonds. The summed E-state index contributed by atoms with van der Waals surface area (Å²) in [4.78, 5) is 0. The zero-order valence-corrected chi connectivity index (χ0v) is 11.4. The summed E-state index contributed by atoms with van der Waals surface area (Å²) in [5.41, 5.74) is 1.20. The van der Waals surface area contributed by atoms with Crippen molar-refractivity contribution in [2.45, 2.75) is 57.8 Å². The van der Waals surface area contributed by atoms with E-state index in [-0.39, 0.29) is 30.9 Å². The van der Waals surface area contributed by atoms with Crippen molar-refractivity contribution in [3.8, 4) is 0 Å². The lowest BCUT2D eigenvalue weighted by Crippen LogP contribution is -2.34. The van der Waals surface area contributed by atoms with Gasteiger partial charge >= 0.3 is 0 Å². The molecule has 2 fully saturated rings. The van der Waals surface area contributed by atoms with Crippen molar-refractivity contribution < 1.29 is 18.9 Å². The third-order valence-corrected chi connectivity index (χ3v) is 4.10. The topological polar surface area (TPSA) is 36.9 Å². The first-order chi connectivity index (χ1) is 8.78. The van der Waals surface area contributed by atoms with Crippen LogP contribution in [0.5, 0.6) is 0 Å². The second kappa shape index (κ2) is 5.27. The van der Waals surface area contributed by atoms with Crippen molar-refractivity contribution in [1.82, 2.24) is 0 Å². The molecule has 0 bridgehead atoms. The maximum absolute atomic E-state index is 5.99. The smallest absolute Gasteiger partial charge is 0.189 e. The van der Waals surface area contributed by atoms with E-state index in [1.54, 1.807) is 11.3 Å². The number of thiophene rings is 1. The molecule has 1 unspecified atom stereocenters. The van der Waals surface area contributed by atoms with Gasteiger partial charge in [-0.05, 0) is 35.7 Å². The first kappa shape index (κ1) is 12.6. The van der Waals surface area contributed by atoms with Gasteiger partial charge in [-0.1, -0.05) is 6.92 Å². The lowest BCUT2D eigenvalue weighted by atomic mass is 10.1. The van der Waals surface area contributed by atoms with Crippen LogP contribution in [0.3, 0.4) is 0 Å². The Morgan fingerprint density at radius 3 is 2.94 bits per heavy atom. The second-order valence-electron chi connectivity index (χ2n) is 4.66. The molecule has 3 heterocycles. The fourth-order valence-electron chi connectivity index (χ4n) is 2.48. The summed E-state index contributed by atoms with van der Waals surface area (Å²) >= 11 is 1.68. The predicted molar refractivity (Wildman–Crippen MR) is 67.3 cm³/mol. The molecule has 0 aliphatic carbocycles. The number of rotatable bonds is 4. The Hall–Kier alpha value is -0.460. The first-order valence-electron chi connectivity index (χ1n) is 6.37. The van der Waals surface area contributed by atoms with Crippen LogP contribution in [0.1, 0.15) is 25.8 Å². The molecule has 2 aliphatic rings. The lowest BCUT2D eigenvalue weighted by Gasteiger charge is -2.21. The van der Waals surface area contributed by atoms with Gasteiger partial charge in [0.25, 0.3) is 0 Å². The van der Waals surface area contributed by atoms with Crippen molar-refractivity contribution in [1.29, 1.82) is 0 Å². The molecule has 0 spiro atoms. The number of hydrogen-bond donors (Lipinski definition) is 0. The van der Waals surface area contributed by atoms with Crippen LogP contribution in [0.4, 0.5) is 0 Å². The maximum Gasteiger partial charge on any atom is 0.189 e. The minimum atomic E-state index is -0.266. The SMILES string of the molecule is CC[C@H]1O[C@@H]2OC(C)O[C@@H]2[C@H]1OCc1ccsc1. The minimum absolute atomic E-state index is 0.0372. The molecule has 0 N–H and O–H groups in total. The molecule has 18 heavy (non-hydrogen) atoms. The summed E-state index contributed by atoms with van der Waals surface area (Å²) in [5.74, 6) is 0. The van der Waals surface area contributed by atoms with Crippen molar-refractivity contribution in [3.63, 3.8) is 0 Å². The van der Waals surface area contributed by atoms with E-state index in [2.05, 4.69) is 23.8 Å². The van der Waals surface area contributed by atoms with Gasteiger partial charge in [0.05, 0.1) is 12.7 Å². The van der Waals surface area contributed by atoms with E-state index in [9.17, 15) is 0 Å². The highest BCUT2D eigenvalue weighted by Gasteiger charge is 2.51. The molecular weight excluding hydrogens is 252 g/mol. The zero-order chi connectivity index (χ0) is 12.5. The Balaban J connectivity index is 1.64. The predicted octanol–water partition coefficient (Wildman–Crippen LogP) is 2.53. The van der Waals surface area contributed by atoms with E-state index in [1.807, 2.05) is 6.92 Å². The van der Waals surface area contributed by atoms with Crippen LogP contribution >= 0.6 is 11.3 Å². The van der Waals surface area contributed by atoms with Crippen molar-refractivity contribution in [2.24, 2.45) is 0 Å². The fourth-order valence-corrected chi connectivity index (χ4v) is 3.14. The molecule has 1 aromatic rings. The van der Waals surface area contributed by atoms with Crippen LogP contribution in [0, 0.1) is 0 Å². The minimum Gasteiger partial charge on any atom is -0.368 e. The van der Waals surface area contributed by atoms with Gasteiger partial charge in [-0.2, -0.15) is 11.3 Å². The van der Waals surface area contributed by atoms with Crippen molar-refractivity contribution in [3.05, 3.63) is 22.4 Å². The van der Waals surface area contributed by atoms with Gasteiger partial charge < -0.3 is 18.9 Å². The average Bonchev–Trinajstić information content (AvgIpc) is 3.02. The molecular formula is C13H18O4S. The molecule has 2 saturated heterocycles. The third kappa shape index (κ3) is 2.33. The van der Waals surface area contributed by atoms with E-state index in [0.717, 1.165) is 6.42 Å². The molecule has 5 heteroatoms. The fraction of sp³-hybridized carbons (Fsp3) is 0.692. The Morgan fingerprint density at radius 1 is 1.33 bits per heavy atom. The normalized spacial score (nSPS) is 39.1. The zero-order valence-electron chi connectivity index (χ0n) is 10.6. The Morgan fingerprint density at radius 2 is 2.22 bits per heavy atom. The van der Waals surface area contributed by atoms with E-state index in [0.29, 0.717) is 6.61 Å². The van der Waals surface area contributed by atoms with Crippen molar-refractivity contribution >= 4 is 11.3 Å². The molecule has 1 aromatic heterocycles. The lowest BCUT2D eigenvalue weighted by molar-refractivity contribution is -0.168. The van der Waals surface area contributed by atoms with Gasteiger partial charge in [0, 0.05) is 0 Å². The highest BCUT2D eigenvalue weighted by molar-refractivity contribution is 7.07. The molecule has 4 nitrogen and oxygen atoms in total. The number of ether oxygens (including phenoxy) is 4. The maximum atomic E-state index is 5.99. The Labute approximate surface area is 111 Å². The van der Waals surface area contributed by atoms with Crippen LogP contribution in [-0.2, 0) is 25.6 Å². The molecule has 5 atom stereocenters. The standard InChI is InChI=1S/C13H18O4S/c1-3-10-11(14-6-9-4-5-18-7-9)12-13(17-10)16-8(2)15-12/h4-5,7-8,10-13H,3,6H2,1-2H3/t8?,10-,11+,12-,13+/m1/s1. The van der Waals surface area contributed by atoms with Gasteiger partial charge in [0.2, 0.25) is 0 Å². The third-order valence-electron chi connectivity index (χ3n) is 3.37. The van der Waals surface area contributed by atoms with E-state index in [4.69, 9.17) is 18.9 Å². The molecule has 2 aliphatic heterocycles. The quantitative estimate of drug-likeness (QED) is 0.842. The van der Waals surface area contributed by atoms with E-state index in [1.165, 1.54) is 5.56 Å². The number of hydrogen-bond acceptors (Lipinski definition) is 5. The summed E-state index contributed by atoms with van der Waals surface area (Å²) < 4.78 is 23.1. The summed E-state index contributed by atoms with van der Waals surface area (Å²) in [6.07, 6.45) is 0.365. The van der Waals surface area contributed by atoms with Crippen LogP contribution < -0.4 is 0 Å². The van der Waals surface area contributed by atoms with Gasteiger partial charge in [0.15, 0.2) is 12.6 Å². The van der Waals surface area contributed by atoms with E-state index < -0.39 is 0 Å². The van der Waals surface area contributed by atoms with E-state index >= 15 is 0 Å². The molecule has 100 valence electrons. The van der Waals surface area contributed by atoms with Gasteiger partial charge in [0.1, 0.15) is 12.2 Å². The van der Waals surface area contributed by atoms with Gasteiger partial charge in [-0.25, -0.2) is 0 Å². The monoisotopic (exact) mass is 270 g/mol. The van der Waals surface area contributed by atoms with Crippen molar-refractivity contribution in [2.75, 3.05) is 0 Å². The van der Waals surface area contributed by atoms with Crippen LogP contribution in [0.15, 0.2) is 16.8 Å². The summed E-state index contributed by atoms with van der Waals surface area (Å²) in [5, 5.41) is 4.16. The van der Waals surface area contributed by atoms with Crippen LogP contribution in [0.2, 0.25) is 0 Å². The summed E-state index contributed by atoms with van der Waals surface area (Å²) in [6, 6.07) is 2.08. The highest BCUT2D eigenvalue weighted by atomic mass is 32.1. The average molecular weight is 270 g/mol. The van der Waals surface area contributed by atoms with Gasteiger partial charge in [-0.3, -0.25) is 0 Å². The second-order valence-corrected chi connectivity index (χ2v) is 5.44. The Kier molecular flexibility index (Phi) is 3.68. The molecule has 0 radical (unpaired) electrons. The molecule has 0 aromatic carbocycles. The summed E-state index contributed by atoms with van der Waals surface area (Å²) in [7, 11) is 0. The molecule has 0 saturated carbocycles. The highest BCUT2D eigenvalue weighted by Crippen LogP contribution is 2.35. The first-order valence-corrected chi connectivity index (χ1v) is 7.31.